The number of hydrogen-bond donors (Lipinski definition) is 1. The number of ether oxygens (including phenoxy) is 1. The molecule has 0 aromatic carbocycles. The lowest BCUT2D eigenvalue weighted by atomic mass is 9.99. The Morgan fingerprint density at radius 2 is 2.20 bits per heavy atom. The van der Waals surface area contributed by atoms with Crippen LogP contribution in [0.15, 0.2) is 30.5 Å². The topological polar surface area (TPSA) is 59.4 Å². The Labute approximate surface area is 148 Å². The van der Waals surface area contributed by atoms with E-state index in [1.807, 2.05) is 29.8 Å². The van der Waals surface area contributed by atoms with E-state index in [4.69, 9.17) is 4.74 Å². The van der Waals surface area contributed by atoms with E-state index >= 15 is 0 Å². The van der Waals surface area contributed by atoms with Crippen LogP contribution in [0.3, 0.4) is 0 Å². The zero-order chi connectivity index (χ0) is 17.8. The van der Waals surface area contributed by atoms with Gasteiger partial charge in [0.25, 0.3) is 5.91 Å². The van der Waals surface area contributed by atoms with E-state index in [2.05, 4.69) is 21.3 Å². The predicted molar refractivity (Wildman–Crippen MR) is 96.6 cm³/mol. The summed E-state index contributed by atoms with van der Waals surface area (Å²) in [6.45, 7) is 1.81. The molecule has 1 aliphatic rings. The van der Waals surface area contributed by atoms with Gasteiger partial charge in [0.2, 0.25) is 0 Å². The number of aromatic nitrogens is 2. The van der Waals surface area contributed by atoms with Crippen LogP contribution in [-0.4, -0.2) is 41.1 Å². The fourth-order valence-electron chi connectivity index (χ4n) is 3.61. The van der Waals surface area contributed by atoms with E-state index in [1.165, 1.54) is 18.5 Å². The lowest BCUT2D eigenvalue weighted by Gasteiger charge is -2.36. The van der Waals surface area contributed by atoms with Gasteiger partial charge in [0, 0.05) is 38.6 Å². The zero-order valence-electron chi connectivity index (χ0n) is 15.2. The summed E-state index contributed by atoms with van der Waals surface area (Å²) in [5.74, 6) is 0.782. The van der Waals surface area contributed by atoms with Crippen molar-refractivity contribution < 1.29 is 9.53 Å². The lowest BCUT2D eigenvalue weighted by molar-refractivity contribution is 0.0952. The Bertz CT molecular complexity index is 741. The third kappa shape index (κ3) is 3.69. The van der Waals surface area contributed by atoms with Crippen LogP contribution in [0.1, 0.15) is 47.2 Å². The van der Waals surface area contributed by atoms with Crippen LogP contribution in [0.2, 0.25) is 0 Å². The summed E-state index contributed by atoms with van der Waals surface area (Å²) >= 11 is 0. The SMILES string of the molecule is CNC(=O)c1ccc([C@H]2CCCCN2Cc2cc(OC)ccn2)n1C. The second-order valence-corrected chi connectivity index (χ2v) is 6.45. The minimum Gasteiger partial charge on any atom is -0.497 e. The minimum atomic E-state index is -0.0504. The van der Waals surface area contributed by atoms with Gasteiger partial charge in [-0.15, -0.1) is 0 Å². The molecular weight excluding hydrogens is 316 g/mol. The Balaban J connectivity index is 1.84. The highest BCUT2D eigenvalue weighted by atomic mass is 16.5. The van der Waals surface area contributed by atoms with Crippen LogP contribution >= 0.6 is 0 Å². The Morgan fingerprint density at radius 3 is 2.96 bits per heavy atom. The first kappa shape index (κ1) is 17.5. The molecule has 0 spiro atoms. The van der Waals surface area contributed by atoms with Crippen molar-refractivity contribution >= 4 is 5.91 Å². The highest BCUT2D eigenvalue weighted by Crippen LogP contribution is 2.33. The molecule has 1 saturated heterocycles. The van der Waals surface area contributed by atoms with Crippen molar-refractivity contribution in [1.29, 1.82) is 0 Å². The molecule has 1 fully saturated rings. The molecule has 134 valence electrons. The highest BCUT2D eigenvalue weighted by Gasteiger charge is 2.27. The number of likely N-dealkylation sites (tertiary alicyclic amines) is 1. The maximum Gasteiger partial charge on any atom is 0.267 e. The first-order chi connectivity index (χ1) is 12.1. The molecule has 0 aliphatic carbocycles. The molecule has 0 bridgehead atoms. The van der Waals surface area contributed by atoms with Crippen molar-refractivity contribution in [3.8, 4) is 5.75 Å². The van der Waals surface area contributed by atoms with Crippen molar-refractivity contribution in [2.75, 3.05) is 20.7 Å². The fraction of sp³-hybridized carbons (Fsp3) is 0.474. The molecule has 6 heteroatoms. The van der Waals surface area contributed by atoms with Gasteiger partial charge >= 0.3 is 0 Å². The molecule has 6 nitrogen and oxygen atoms in total. The number of amides is 1. The van der Waals surface area contributed by atoms with Gasteiger partial charge in [0.15, 0.2) is 0 Å². The molecule has 1 N–H and O–H groups in total. The first-order valence-electron chi connectivity index (χ1n) is 8.74. The maximum atomic E-state index is 12.0. The molecule has 2 aromatic heterocycles. The molecular formula is C19H26N4O2. The van der Waals surface area contributed by atoms with Crippen LogP contribution < -0.4 is 10.1 Å². The number of hydrogen-bond acceptors (Lipinski definition) is 4. The number of nitrogens with zero attached hydrogens (tertiary/aromatic N) is 3. The van der Waals surface area contributed by atoms with Crippen molar-refractivity contribution in [2.45, 2.75) is 31.8 Å². The fourth-order valence-corrected chi connectivity index (χ4v) is 3.61. The van der Waals surface area contributed by atoms with Crippen molar-refractivity contribution in [2.24, 2.45) is 7.05 Å². The van der Waals surface area contributed by atoms with Crippen LogP contribution in [0.25, 0.3) is 0 Å². The average molecular weight is 342 g/mol. The van der Waals surface area contributed by atoms with Crippen LogP contribution in [0, 0.1) is 0 Å². The van der Waals surface area contributed by atoms with Gasteiger partial charge in [-0.2, -0.15) is 0 Å². The number of carbonyl (C=O) groups is 1. The molecule has 0 radical (unpaired) electrons. The second kappa shape index (κ2) is 7.70. The molecule has 25 heavy (non-hydrogen) atoms. The van der Waals surface area contributed by atoms with Crippen LogP contribution in [0.5, 0.6) is 5.75 Å². The molecule has 3 rings (SSSR count). The van der Waals surface area contributed by atoms with Gasteiger partial charge in [-0.3, -0.25) is 14.7 Å². The Hall–Kier alpha value is -2.34. The van der Waals surface area contributed by atoms with Gasteiger partial charge in [0.1, 0.15) is 11.4 Å². The summed E-state index contributed by atoms with van der Waals surface area (Å²) < 4.78 is 7.32. The summed E-state index contributed by atoms with van der Waals surface area (Å²) in [5.41, 5.74) is 2.88. The quantitative estimate of drug-likeness (QED) is 0.907. The predicted octanol–water partition coefficient (Wildman–Crippen LogP) is 2.52. The van der Waals surface area contributed by atoms with E-state index in [0.29, 0.717) is 11.7 Å². The number of piperidine rings is 1. The molecule has 0 unspecified atom stereocenters. The minimum absolute atomic E-state index is 0.0504. The smallest absolute Gasteiger partial charge is 0.267 e. The first-order valence-corrected chi connectivity index (χ1v) is 8.74. The largest absolute Gasteiger partial charge is 0.497 e. The van der Waals surface area contributed by atoms with E-state index < -0.39 is 0 Å². The van der Waals surface area contributed by atoms with Crippen LogP contribution in [0.4, 0.5) is 0 Å². The zero-order valence-corrected chi connectivity index (χ0v) is 15.2. The molecule has 2 aromatic rings. The maximum absolute atomic E-state index is 12.0. The number of carbonyl (C=O) groups excluding carboxylic acids is 1. The summed E-state index contributed by atoms with van der Waals surface area (Å²) in [6.07, 6.45) is 5.27. The van der Waals surface area contributed by atoms with Gasteiger partial charge in [0.05, 0.1) is 18.8 Å². The third-order valence-corrected chi connectivity index (χ3v) is 4.96. The van der Waals surface area contributed by atoms with Gasteiger partial charge in [-0.1, -0.05) is 6.42 Å². The van der Waals surface area contributed by atoms with Crippen molar-refractivity contribution in [3.05, 3.63) is 47.5 Å². The second-order valence-electron chi connectivity index (χ2n) is 6.45. The Kier molecular flexibility index (Phi) is 5.38. The van der Waals surface area contributed by atoms with Gasteiger partial charge < -0.3 is 14.6 Å². The summed E-state index contributed by atoms with van der Waals surface area (Å²) in [4.78, 5) is 18.9. The summed E-state index contributed by atoms with van der Waals surface area (Å²) in [5, 5.41) is 2.70. The third-order valence-electron chi connectivity index (χ3n) is 4.96. The summed E-state index contributed by atoms with van der Waals surface area (Å²) in [6, 6.07) is 8.14. The molecule has 1 aliphatic heterocycles. The van der Waals surface area contributed by atoms with Crippen LogP contribution in [-0.2, 0) is 13.6 Å². The lowest BCUT2D eigenvalue weighted by Crippen LogP contribution is -2.34. The number of nitrogens with one attached hydrogen (secondary N) is 1. The highest BCUT2D eigenvalue weighted by molar-refractivity contribution is 5.92. The monoisotopic (exact) mass is 342 g/mol. The summed E-state index contributed by atoms with van der Waals surface area (Å²) in [7, 11) is 5.31. The standard InChI is InChI=1S/C19H26N4O2/c1-20-19(24)18-8-7-16(22(18)2)17-6-4-5-11-23(17)13-14-12-15(25-3)9-10-21-14/h7-10,12,17H,4-6,11,13H2,1-3H3,(H,20,24)/t17-/m1/s1. The molecule has 3 heterocycles. The number of methoxy groups -OCH3 is 1. The Morgan fingerprint density at radius 1 is 1.36 bits per heavy atom. The van der Waals surface area contributed by atoms with Gasteiger partial charge in [-0.05, 0) is 37.6 Å². The van der Waals surface area contributed by atoms with Gasteiger partial charge in [-0.25, -0.2) is 0 Å². The van der Waals surface area contributed by atoms with E-state index in [1.54, 1.807) is 20.4 Å². The number of pyridine rings is 1. The van der Waals surface area contributed by atoms with E-state index in [-0.39, 0.29) is 5.91 Å². The molecule has 1 amide bonds. The van der Waals surface area contributed by atoms with E-state index in [9.17, 15) is 4.79 Å². The normalized spacial score (nSPS) is 18.1. The number of rotatable bonds is 5. The van der Waals surface area contributed by atoms with Crippen molar-refractivity contribution in [3.63, 3.8) is 0 Å². The van der Waals surface area contributed by atoms with Crippen molar-refractivity contribution in [1.82, 2.24) is 19.8 Å². The average Bonchev–Trinajstić information content (AvgIpc) is 3.03. The van der Waals surface area contributed by atoms with E-state index in [0.717, 1.165) is 31.0 Å². The molecule has 1 atom stereocenters. The molecule has 0 saturated carbocycles.